The molecule has 2 amide bonds. The number of aliphatic hydroxyl groups is 1. The fourth-order valence-electron chi connectivity index (χ4n) is 1.14. The summed E-state index contributed by atoms with van der Waals surface area (Å²) in [7, 11) is 0. The van der Waals surface area contributed by atoms with Gasteiger partial charge in [-0.2, -0.15) is 0 Å². The summed E-state index contributed by atoms with van der Waals surface area (Å²) < 4.78 is 25.3. The van der Waals surface area contributed by atoms with Gasteiger partial charge in [-0.05, 0) is 6.07 Å². The second-order valence-electron chi connectivity index (χ2n) is 3.63. The van der Waals surface area contributed by atoms with E-state index in [0.29, 0.717) is 0 Å². The molecule has 0 fully saturated rings. The number of anilines is 1. The third-order valence-corrected chi connectivity index (χ3v) is 2.05. The third kappa shape index (κ3) is 4.84. The number of carbonyl (C=O) groups is 1. The van der Waals surface area contributed by atoms with Gasteiger partial charge in [0, 0.05) is 17.8 Å². The van der Waals surface area contributed by atoms with Gasteiger partial charge in [0.05, 0.1) is 11.5 Å². The third-order valence-electron chi connectivity index (χ3n) is 2.05. The second-order valence-corrected chi connectivity index (χ2v) is 3.63. The molecule has 0 saturated heterocycles. The molecule has 0 aliphatic rings. The minimum absolute atomic E-state index is 0.0963. The van der Waals surface area contributed by atoms with Gasteiger partial charge < -0.3 is 15.7 Å². The number of benzene rings is 1. The molecule has 7 nitrogen and oxygen atoms in total. The van der Waals surface area contributed by atoms with Crippen molar-refractivity contribution in [2.75, 3.05) is 18.5 Å². The predicted molar refractivity (Wildman–Crippen MR) is 62.2 cm³/mol. The Morgan fingerprint density at radius 2 is 2.16 bits per heavy atom. The van der Waals surface area contributed by atoms with Crippen LogP contribution in [0.1, 0.15) is 0 Å². The van der Waals surface area contributed by atoms with Crippen molar-refractivity contribution in [1.82, 2.24) is 5.32 Å². The molecule has 1 aromatic carbocycles. The number of nitro benzene ring substituents is 1. The van der Waals surface area contributed by atoms with E-state index in [4.69, 9.17) is 5.11 Å². The number of amides is 2. The highest BCUT2D eigenvalue weighted by Crippen LogP contribution is 2.17. The summed E-state index contributed by atoms with van der Waals surface area (Å²) in [6.07, 6.45) is 0. The monoisotopic (exact) mass is 275 g/mol. The lowest BCUT2D eigenvalue weighted by atomic mass is 10.3. The van der Waals surface area contributed by atoms with Crippen molar-refractivity contribution in [3.8, 4) is 0 Å². The highest BCUT2D eigenvalue weighted by atomic mass is 19.3. The van der Waals surface area contributed by atoms with Gasteiger partial charge >= 0.3 is 6.03 Å². The van der Waals surface area contributed by atoms with Crippen LogP contribution in [0.2, 0.25) is 0 Å². The fraction of sp³-hybridized carbons (Fsp3) is 0.300. The van der Waals surface area contributed by atoms with E-state index in [-0.39, 0.29) is 11.4 Å². The van der Waals surface area contributed by atoms with Crippen LogP contribution in [0, 0.1) is 10.1 Å². The molecule has 0 radical (unpaired) electrons. The minimum atomic E-state index is -3.42. The molecule has 3 N–H and O–H groups in total. The molecule has 0 bridgehead atoms. The van der Waals surface area contributed by atoms with Crippen molar-refractivity contribution in [1.29, 1.82) is 0 Å². The Bertz CT molecular complexity index is 482. The van der Waals surface area contributed by atoms with Crippen LogP contribution in [0.25, 0.3) is 0 Å². The summed E-state index contributed by atoms with van der Waals surface area (Å²) in [6.45, 7) is -2.42. The van der Waals surface area contributed by atoms with Gasteiger partial charge in [-0.25, -0.2) is 13.6 Å². The van der Waals surface area contributed by atoms with Crippen molar-refractivity contribution in [3.63, 3.8) is 0 Å². The van der Waals surface area contributed by atoms with E-state index in [1.807, 2.05) is 5.32 Å². The van der Waals surface area contributed by atoms with E-state index >= 15 is 0 Å². The Labute approximate surface area is 106 Å². The number of carbonyl (C=O) groups excluding carboxylic acids is 1. The first-order valence-corrected chi connectivity index (χ1v) is 5.12. The SMILES string of the molecule is O=C(NCC(F)(F)CO)Nc1cccc([N+](=O)[O-])c1. The maximum Gasteiger partial charge on any atom is 0.319 e. The van der Waals surface area contributed by atoms with Crippen molar-refractivity contribution >= 4 is 17.4 Å². The number of hydrogen-bond donors (Lipinski definition) is 3. The molecule has 9 heteroatoms. The Hall–Kier alpha value is -2.29. The summed E-state index contributed by atoms with van der Waals surface area (Å²) in [5, 5.41) is 22.8. The average Bonchev–Trinajstić information content (AvgIpc) is 2.37. The van der Waals surface area contributed by atoms with Gasteiger partial charge in [-0.15, -0.1) is 0 Å². The molecular formula is C10H11F2N3O4. The van der Waals surface area contributed by atoms with Gasteiger partial charge in [-0.1, -0.05) is 6.07 Å². The molecule has 1 aromatic rings. The Morgan fingerprint density at radius 1 is 1.47 bits per heavy atom. The lowest BCUT2D eigenvalue weighted by Gasteiger charge is -2.14. The molecule has 0 atom stereocenters. The zero-order valence-corrected chi connectivity index (χ0v) is 9.60. The van der Waals surface area contributed by atoms with Crippen LogP contribution in [0.3, 0.4) is 0 Å². The number of hydrogen-bond acceptors (Lipinski definition) is 4. The van der Waals surface area contributed by atoms with Crippen molar-refractivity contribution in [2.45, 2.75) is 5.92 Å². The summed E-state index contributed by atoms with van der Waals surface area (Å²) in [4.78, 5) is 21.1. The normalized spacial score (nSPS) is 10.9. The lowest BCUT2D eigenvalue weighted by Crippen LogP contribution is -2.40. The number of non-ortho nitro benzene ring substituents is 1. The number of alkyl halides is 2. The minimum Gasteiger partial charge on any atom is -0.390 e. The average molecular weight is 275 g/mol. The number of urea groups is 1. The first kappa shape index (κ1) is 14.8. The highest BCUT2D eigenvalue weighted by molar-refractivity contribution is 5.89. The molecule has 0 aromatic heterocycles. The van der Waals surface area contributed by atoms with Crippen LogP contribution in [-0.2, 0) is 0 Å². The Morgan fingerprint density at radius 3 is 2.74 bits per heavy atom. The van der Waals surface area contributed by atoms with Crippen molar-refractivity contribution in [3.05, 3.63) is 34.4 Å². The van der Waals surface area contributed by atoms with E-state index in [2.05, 4.69) is 5.32 Å². The second kappa shape index (κ2) is 6.05. The van der Waals surface area contributed by atoms with Crippen molar-refractivity contribution < 1.29 is 23.6 Å². The fourth-order valence-corrected chi connectivity index (χ4v) is 1.14. The number of halogens is 2. The number of nitro groups is 1. The molecule has 0 spiro atoms. The highest BCUT2D eigenvalue weighted by Gasteiger charge is 2.28. The Kier molecular flexibility index (Phi) is 4.70. The van der Waals surface area contributed by atoms with Gasteiger partial charge in [-0.3, -0.25) is 10.1 Å². The summed E-state index contributed by atoms with van der Waals surface area (Å²) in [5.74, 6) is -3.42. The van der Waals surface area contributed by atoms with Crippen LogP contribution in [0.4, 0.5) is 25.0 Å². The molecular weight excluding hydrogens is 264 g/mol. The van der Waals surface area contributed by atoms with Crippen LogP contribution < -0.4 is 10.6 Å². The summed E-state index contributed by atoms with van der Waals surface area (Å²) in [5.41, 5.74) is -0.141. The lowest BCUT2D eigenvalue weighted by molar-refractivity contribution is -0.384. The molecule has 19 heavy (non-hydrogen) atoms. The number of nitrogens with one attached hydrogen (secondary N) is 2. The quantitative estimate of drug-likeness (QED) is 0.557. The number of rotatable bonds is 5. The van der Waals surface area contributed by atoms with E-state index < -0.39 is 30.0 Å². The molecule has 1 rings (SSSR count). The van der Waals surface area contributed by atoms with E-state index in [0.717, 1.165) is 6.07 Å². The summed E-state index contributed by atoms with van der Waals surface area (Å²) >= 11 is 0. The van der Waals surface area contributed by atoms with Crippen LogP contribution >= 0.6 is 0 Å². The van der Waals surface area contributed by atoms with Crippen LogP contribution in [0.15, 0.2) is 24.3 Å². The smallest absolute Gasteiger partial charge is 0.319 e. The standard InChI is InChI=1S/C10H11F2N3O4/c11-10(12,6-16)5-13-9(17)14-7-2-1-3-8(4-7)15(18)19/h1-4,16H,5-6H2,(H2,13,14,17). The van der Waals surface area contributed by atoms with E-state index in [9.17, 15) is 23.7 Å². The van der Waals surface area contributed by atoms with Crippen molar-refractivity contribution in [2.24, 2.45) is 0 Å². The zero-order chi connectivity index (χ0) is 14.5. The molecule has 0 saturated carbocycles. The van der Waals surface area contributed by atoms with E-state index in [1.54, 1.807) is 0 Å². The first-order chi connectivity index (χ1) is 8.84. The largest absolute Gasteiger partial charge is 0.390 e. The number of aliphatic hydroxyl groups excluding tert-OH is 1. The molecule has 104 valence electrons. The summed E-state index contributed by atoms with van der Waals surface area (Å²) in [6, 6.07) is 4.08. The zero-order valence-electron chi connectivity index (χ0n) is 9.60. The number of nitrogens with zero attached hydrogens (tertiary/aromatic N) is 1. The van der Waals surface area contributed by atoms with E-state index in [1.165, 1.54) is 18.2 Å². The van der Waals surface area contributed by atoms with Gasteiger partial charge in [0.2, 0.25) is 0 Å². The predicted octanol–water partition coefficient (Wildman–Crippen LogP) is 1.34. The first-order valence-electron chi connectivity index (χ1n) is 5.12. The maximum absolute atomic E-state index is 12.6. The van der Waals surface area contributed by atoms with Gasteiger partial charge in [0.15, 0.2) is 0 Å². The molecule has 0 aliphatic carbocycles. The molecule has 0 heterocycles. The van der Waals surface area contributed by atoms with Gasteiger partial charge in [0.25, 0.3) is 11.6 Å². The molecule has 0 aliphatic heterocycles. The maximum atomic E-state index is 12.6. The Balaban J connectivity index is 2.58. The van der Waals surface area contributed by atoms with Crippen LogP contribution in [-0.4, -0.2) is 35.1 Å². The molecule has 0 unspecified atom stereocenters. The topological polar surface area (TPSA) is 104 Å². The van der Waals surface area contributed by atoms with Crippen LogP contribution in [0.5, 0.6) is 0 Å². The van der Waals surface area contributed by atoms with Gasteiger partial charge in [0.1, 0.15) is 6.61 Å².